The molecule has 2 atom stereocenters. The van der Waals surface area contributed by atoms with E-state index in [1.54, 1.807) is 7.11 Å². The quantitative estimate of drug-likeness (QED) is 0.688. The molecule has 0 spiro atoms. The van der Waals surface area contributed by atoms with E-state index in [1.807, 2.05) is 25.1 Å². The summed E-state index contributed by atoms with van der Waals surface area (Å²) < 4.78 is 22.4. The Labute approximate surface area is 139 Å². The molecule has 0 aromatic heterocycles. The smallest absolute Gasteiger partial charge is 0.161 e. The van der Waals surface area contributed by atoms with Crippen LogP contribution in [0.1, 0.15) is 19.4 Å². The van der Waals surface area contributed by atoms with Crippen LogP contribution < -0.4 is 9.47 Å². The summed E-state index contributed by atoms with van der Waals surface area (Å²) in [5, 5.41) is 0. The van der Waals surface area contributed by atoms with Gasteiger partial charge in [-0.1, -0.05) is 6.07 Å². The molecule has 23 heavy (non-hydrogen) atoms. The molecule has 2 rings (SSSR count). The van der Waals surface area contributed by atoms with E-state index in [1.165, 1.54) is 0 Å². The molecule has 5 nitrogen and oxygen atoms in total. The van der Waals surface area contributed by atoms with Crippen molar-refractivity contribution in [3.05, 3.63) is 23.8 Å². The van der Waals surface area contributed by atoms with Crippen molar-refractivity contribution < 1.29 is 18.9 Å². The van der Waals surface area contributed by atoms with Crippen LogP contribution in [0.3, 0.4) is 0 Å². The van der Waals surface area contributed by atoms with Gasteiger partial charge in [0, 0.05) is 19.6 Å². The first kappa shape index (κ1) is 18.0. The predicted octanol–water partition coefficient (Wildman–Crippen LogP) is 2.51. The first-order valence-electron chi connectivity index (χ1n) is 8.31. The van der Waals surface area contributed by atoms with Gasteiger partial charge in [-0.25, -0.2) is 0 Å². The monoisotopic (exact) mass is 323 g/mol. The maximum atomic E-state index is 5.73. The van der Waals surface area contributed by atoms with Gasteiger partial charge < -0.3 is 18.9 Å². The third-order valence-electron chi connectivity index (χ3n) is 3.85. The SMILES string of the molecule is COc1cc(C)ccc1OCCOCCN1C[C@@H](C)O[C@H](C)C1. The Morgan fingerprint density at radius 1 is 1.09 bits per heavy atom. The van der Waals surface area contributed by atoms with Crippen molar-refractivity contribution in [3.8, 4) is 11.5 Å². The van der Waals surface area contributed by atoms with Crippen molar-refractivity contribution in [2.24, 2.45) is 0 Å². The van der Waals surface area contributed by atoms with E-state index < -0.39 is 0 Å². The Hall–Kier alpha value is -1.30. The number of morpholine rings is 1. The fourth-order valence-electron chi connectivity index (χ4n) is 2.87. The zero-order chi connectivity index (χ0) is 16.7. The van der Waals surface area contributed by atoms with Gasteiger partial charge >= 0.3 is 0 Å². The summed E-state index contributed by atoms with van der Waals surface area (Å²) in [5.41, 5.74) is 1.15. The zero-order valence-electron chi connectivity index (χ0n) is 14.7. The highest BCUT2D eigenvalue weighted by Gasteiger charge is 2.21. The highest BCUT2D eigenvalue weighted by atomic mass is 16.5. The first-order valence-corrected chi connectivity index (χ1v) is 8.31. The molecule has 5 heteroatoms. The first-order chi connectivity index (χ1) is 11.1. The molecule has 1 saturated heterocycles. The van der Waals surface area contributed by atoms with Gasteiger partial charge in [0.25, 0.3) is 0 Å². The van der Waals surface area contributed by atoms with Crippen molar-refractivity contribution >= 4 is 0 Å². The molecule has 1 fully saturated rings. The molecular weight excluding hydrogens is 294 g/mol. The lowest BCUT2D eigenvalue weighted by atomic mass is 10.2. The van der Waals surface area contributed by atoms with E-state index >= 15 is 0 Å². The summed E-state index contributed by atoms with van der Waals surface area (Å²) in [5.74, 6) is 1.53. The van der Waals surface area contributed by atoms with E-state index in [2.05, 4.69) is 18.7 Å². The fraction of sp³-hybridized carbons (Fsp3) is 0.667. The number of aryl methyl sites for hydroxylation is 1. The molecule has 1 aromatic carbocycles. The van der Waals surface area contributed by atoms with E-state index in [4.69, 9.17) is 18.9 Å². The molecular formula is C18H29NO4. The lowest BCUT2D eigenvalue weighted by Gasteiger charge is -2.35. The maximum absolute atomic E-state index is 5.73. The number of rotatable bonds is 8. The van der Waals surface area contributed by atoms with Gasteiger partial charge in [0.1, 0.15) is 6.61 Å². The van der Waals surface area contributed by atoms with Crippen LogP contribution in [0.5, 0.6) is 11.5 Å². The average Bonchev–Trinajstić information content (AvgIpc) is 2.50. The second-order valence-corrected chi connectivity index (χ2v) is 6.13. The molecule has 0 unspecified atom stereocenters. The molecule has 1 aromatic rings. The summed E-state index contributed by atoms with van der Waals surface area (Å²) in [4.78, 5) is 2.39. The third-order valence-corrected chi connectivity index (χ3v) is 3.85. The zero-order valence-corrected chi connectivity index (χ0v) is 14.7. The van der Waals surface area contributed by atoms with Gasteiger partial charge in [0.15, 0.2) is 11.5 Å². The summed E-state index contributed by atoms with van der Waals surface area (Å²) >= 11 is 0. The molecule has 1 heterocycles. The number of hydrogen-bond acceptors (Lipinski definition) is 5. The molecule has 0 saturated carbocycles. The van der Waals surface area contributed by atoms with Crippen molar-refractivity contribution in [2.75, 3.05) is 46.6 Å². The normalized spacial score (nSPS) is 22.1. The Balaban J connectivity index is 1.61. The van der Waals surface area contributed by atoms with Crippen molar-refractivity contribution in [1.82, 2.24) is 4.90 Å². The third kappa shape index (κ3) is 6.01. The number of nitrogens with zero attached hydrogens (tertiary/aromatic N) is 1. The molecule has 0 radical (unpaired) electrons. The minimum absolute atomic E-state index is 0.302. The Morgan fingerprint density at radius 3 is 2.52 bits per heavy atom. The lowest BCUT2D eigenvalue weighted by Crippen LogP contribution is -2.46. The summed E-state index contributed by atoms with van der Waals surface area (Å²) in [6, 6.07) is 5.92. The van der Waals surface area contributed by atoms with Crippen LogP contribution >= 0.6 is 0 Å². The lowest BCUT2D eigenvalue weighted by molar-refractivity contribution is -0.0734. The van der Waals surface area contributed by atoms with Crippen LogP contribution in [-0.4, -0.2) is 63.7 Å². The second kappa shape index (κ2) is 9.11. The van der Waals surface area contributed by atoms with E-state index in [9.17, 15) is 0 Å². The van der Waals surface area contributed by atoms with Crippen LogP contribution in [0.15, 0.2) is 18.2 Å². The van der Waals surface area contributed by atoms with Gasteiger partial charge in [0.2, 0.25) is 0 Å². The number of methoxy groups -OCH3 is 1. The molecule has 130 valence electrons. The molecule has 0 amide bonds. The second-order valence-electron chi connectivity index (χ2n) is 6.13. The Kier molecular flexibility index (Phi) is 7.15. The summed E-state index contributed by atoms with van der Waals surface area (Å²) in [6.45, 7) is 11.0. The van der Waals surface area contributed by atoms with Crippen LogP contribution in [0, 0.1) is 6.92 Å². The molecule has 1 aliphatic rings. The molecule has 0 aliphatic carbocycles. The molecule has 1 aliphatic heterocycles. The van der Waals surface area contributed by atoms with Gasteiger partial charge in [-0.3, -0.25) is 4.90 Å². The highest BCUT2D eigenvalue weighted by molar-refractivity contribution is 5.42. The van der Waals surface area contributed by atoms with E-state index in [0.717, 1.165) is 36.7 Å². The largest absolute Gasteiger partial charge is 0.493 e. The minimum atomic E-state index is 0.302. The van der Waals surface area contributed by atoms with Crippen LogP contribution in [0.4, 0.5) is 0 Å². The summed E-state index contributed by atoms with van der Waals surface area (Å²) in [6.07, 6.45) is 0.604. The topological polar surface area (TPSA) is 40.2 Å². The minimum Gasteiger partial charge on any atom is -0.493 e. The van der Waals surface area contributed by atoms with Gasteiger partial charge in [0.05, 0.1) is 32.5 Å². The number of benzene rings is 1. The average molecular weight is 323 g/mol. The van der Waals surface area contributed by atoms with Crippen LogP contribution in [-0.2, 0) is 9.47 Å². The van der Waals surface area contributed by atoms with Crippen molar-refractivity contribution in [2.45, 2.75) is 33.0 Å². The Morgan fingerprint density at radius 2 is 1.83 bits per heavy atom. The van der Waals surface area contributed by atoms with Crippen LogP contribution in [0.25, 0.3) is 0 Å². The summed E-state index contributed by atoms with van der Waals surface area (Å²) in [7, 11) is 1.66. The van der Waals surface area contributed by atoms with Crippen molar-refractivity contribution in [1.29, 1.82) is 0 Å². The number of hydrogen-bond donors (Lipinski definition) is 0. The van der Waals surface area contributed by atoms with E-state index in [-0.39, 0.29) is 0 Å². The maximum Gasteiger partial charge on any atom is 0.161 e. The molecule has 0 bridgehead atoms. The van der Waals surface area contributed by atoms with Gasteiger partial charge in [-0.2, -0.15) is 0 Å². The van der Waals surface area contributed by atoms with Gasteiger partial charge in [-0.05, 0) is 38.5 Å². The molecule has 0 N–H and O–H groups in total. The van der Waals surface area contributed by atoms with E-state index in [0.29, 0.717) is 32.0 Å². The standard InChI is InChI=1S/C18H29NO4/c1-14-5-6-17(18(11-14)20-4)22-10-9-21-8-7-19-12-15(2)23-16(3)13-19/h5-6,11,15-16H,7-10,12-13H2,1-4H3/t15-,16-/m1/s1. The predicted molar refractivity (Wildman–Crippen MR) is 90.5 cm³/mol. The van der Waals surface area contributed by atoms with Crippen LogP contribution in [0.2, 0.25) is 0 Å². The fourth-order valence-corrected chi connectivity index (χ4v) is 2.87. The highest BCUT2D eigenvalue weighted by Crippen LogP contribution is 2.27. The Bertz CT molecular complexity index is 470. The van der Waals surface area contributed by atoms with Gasteiger partial charge in [-0.15, -0.1) is 0 Å². The van der Waals surface area contributed by atoms with Crippen molar-refractivity contribution in [3.63, 3.8) is 0 Å². The number of ether oxygens (including phenoxy) is 4.